The van der Waals surface area contributed by atoms with Crippen LogP contribution in [0.4, 0.5) is 19.0 Å². The van der Waals surface area contributed by atoms with Crippen molar-refractivity contribution in [1.82, 2.24) is 19.9 Å². The van der Waals surface area contributed by atoms with Gasteiger partial charge >= 0.3 is 6.01 Å². The maximum Gasteiger partial charge on any atom is 0.319 e. The first-order valence-corrected chi connectivity index (χ1v) is 15.0. The molecular formula is C33H32F3N5O4. The van der Waals surface area contributed by atoms with Gasteiger partial charge in [-0.25, -0.2) is 13.2 Å². The zero-order valence-corrected chi connectivity index (χ0v) is 24.7. The number of pyridine rings is 1. The molecule has 234 valence electrons. The summed E-state index contributed by atoms with van der Waals surface area (Å²) in [4.78, 5) is 17.7. The molecule has 7 rings (SSSR count). The maximum atomic E-state index is 16.7. The smallest absolute Gasteiger partial charge is 0.319 e. The average Bonchev–Trinajstić information content (AvgIpc) is 3.56. The van der Waals surface area contributed by atoms with Crippen molar-refractivity contribution in [2.24, 2.45) is 0 Å². The number of benzene rings is 2. The zero-order valence-electron chi connectivity index (χ0n) is 24.7. The molecule has 3 saturated heterocycles. The van der Waals surface area contributed by atoms with Gasteiger partial charge in [-0.15, -0.1) is 6.42 Å². The molecule has 45 heavy (non-hydrogen) atoms. The number of anilines is 1. The number of aromatic nitrogens is 3. The van der Waals surface area contributed by atoms with Crippen LogP contribution >= 0.6 is 0 Å². The van der Waals surface area contributed by atoms with Gasteiger partial charge in [0.1, 0.15) is 41.4 Å². The second-order valence-electron chi connectivity index (χ2n) is 11.9. The molecule has 3 fully saturated rings. The van der Waals surface area contributed by atoms with Crippen molar-refractivity contribution in [1.29, 1.82) is 0 Å². The molecule has 3 aliphatic heterocycles. The third-order valence-corrected chi connectivity index (χ3v) is 9.12. The minimum absolute atomic E-state index is 0.0528. The van der Waals surface area contributed by atoms with Crippen LogP contribution in [-0.4, -0.2) is 95.9 Å². The molecule has 0 saturated carbocycles. The van der Waals surface area contributed by atoms with Gasteiger partial charge in [0.25, 0.3) is 0 Å². The maximum absolute atomic E-state index is 16.7. The fraction of sp³-hybridized carbons (Fsp3) is 0.424. The molecule has 4 aromatic rings. The number of fused-ring (bicyclic) bond motifs is 3. The summed E-state index contributed by atoms with van der Waals surface area (Å²) < 4.78 is 63.3. The second-order valence-corrected chi connectivity index (χ2v) is 11.9. The Bertz CT molecular complexity index is 1830. The predicted octanol–water partition coefficient (Wildman–Crippen LogP) is 4.62. The minimum Gasteiger partial charge on any atom is -0.508 e. The van der Waals surface area contributed by atoms with Crippen LogP contribution in [0, 0.1) is 24.0 Å². The number of phenols is 1. The molecular weight excluding hydrogens is 587 g/mol. The summed E-state index contributed by atoms with van der Waals surface area (Å²) >= 11 is 0. The third kappa shape index (κ3) is 5.18. The number of nitrogens with zero attached hydrogens (tertiary/aromatic N) is 5. The number of methoxy groups -OCH3 is 1. The topological polar surface area (TPSA) is 93.1 Å². The number of halogens is 3. The first-order valence-electron chi connectivity index (χ1n) is 15.0. The summed E-state index contributed by atoms with van der Waals surface area (Å²) in [7, 11) is 1.59. The number of alkyl halides is 1. The second kappa shape index (κ2) is 11.6. The van der Waals surface area contributed by atoms with Crippen molar-refractivity contribution < 1.29 is 32.5 Å². The van der Waals surface area contributed by atoms with Crippen molar-refractivity contribution in [3.05, 3.63) is 47.7 Å². The van der Waals surface area contributed by atoms with Crippen LogP contribution in [0.1, 0.15) is 24.8 Å². The van der Waals surface area contributed by atoms with E-state index in [4.69, 9.17) is 25.6 Å². The molecule has 0 unspecified atom stereocenters. The molecule has 0 radical (unpaired) electrons. The number of hydrogen-bond donors (Lipinski definition) is 1. The molecule has 2 aromatic carbocycles. The van der Waals surface area contributed by atoms with Gasteiger partial charge in [-0.1, -0.05) is 12.0 Å². The standard InChI is InChI=1S/C33H32F3N5O4/c1-3-23-26(35)6-5-19-11-21(42)12-24(27(19)23)29-28(36)30-25(14-37-29)31(40-9-10-44-22(16-40)17-43-2)39-32(38-30)45-18-33-7-4-8-41(33)15-20(34)13-33/h1,5-6,11-12,14,20,22,42H,4,7-10,13,15-18H2,2H3/t20-,22-,33+/m1/s1. The SMILES string of the molecule is C#Cc1c(F)ccc2cc(O)cc(-c3ncc4c(N5CCO[C@@H](COC)C5)nc(OC[C@@]56CCCN5C[C@H](F)C6)nc4c3F)c12. The zero-order chi connectivity index (χ0) is 31.3. The number of hydrogen-bond acceptors (Lipinski definition) is 9. The van der Waals surface area contributed by atoms with Crippen LogP contribution in [0.2, 0.25) is 0 Å². The molecule has 12 heteroatoms. The van der Waals surface area contributed by atoms with Crippen molar-refractivity contribution in [3.63, 3.8) is 0 Å². The van der Waals surface area contributed by atoms with E-state index in [0.717, 1.165) is 19.4 Å². The van der Waals surface area contributed by atoms with Gasteiger partial charge in [-0.05, 0) is 43.0 Å². The molecule has 3 aliphatic rings. The van der Waals surface area contributed by atoms with E-state index in [1.807, 2.05) is 4.90 Å². The largest absolute Gasteiger partial charge is 0.508 e. The van der Waals surface area contributed by atoms with Gasteiger partial charge in [-0.2, -0.15) is 9.97 Å². The molecule has 9 nitrogen and oxygen atoms in total. The van der Waals surface area contributed by atoms with E-state index in [0.29, 0.717) is 55.9 Å². The van der Waals surface area contributed by atoms with Crippen LogP contribution in [0.15, 0.2) is 30.5 Å². The lowest BCUT2D eigenvalue weighted by Gasteiger charge is -2.34. The van der Waals surface area contributed by atoms with Crippen LogP contribution in [0.5, 0.6) is 11.8 Å². The number of ether oxygens (including phenoxy) is 3. The first-order chi connectivity index (χ1) is 21.8. The Morgan fingerprint density at radius 2 is 2.07 bits per heavy atom. The summed E-state index contributed by atoms with van der Waals surface area (Å²) in [5, 5.41) is 11.5. The summed E-state index contributed by atoms with van der Waals surface area (Å²) in [5.74, 6) is 1.13. The van der Waals surface area contributed by atoms with Crippen LogP contribution in [-0.2, 0) is 9.47 Å². The predicted molar refractivity (Wildman–Crippen MR) is 162 cm³/mol. The molecule has 5 heterocycles. The first kappa shape index (κ1) is 29.5. The minimum atomic E-state index is -0.936. The third-order valence-electron chi connectivity index (χ3n) is 9.12. The quantitative estimate of drug-likeness (QED) is 0.298. The van der Waals surface area contributed by atoms with Crippen LogP contribution < -0.4 is 9.64 Å². The van der Waals surface area contributed by atoms with Gasteiger partial charge in [0.2, 0.25) is 0 Å². The number of morpholine rings is 1. The summed E-state index contributed by atoms with van der Waals surface area (Å²) in [5.41, 5.74) is -0.654. The highest BCUT2D eigenvalue weighted by molar-refractivity contribution is 6.03. The fourth-order valence-electron chi connectivity index (χ4n) is 7.11. The summed E-state index contributed by atoms with van der Waals surface area (Å²) in [6, 6.07) is 5.34. The van der Waals surface area contributed by atoms with Crippen LogP contribution in [0.25, 0.3) is 32.9 Å². The number of phenolic OH excluding ortho intramolecular Hbond substituents is 1. The van der Waals surface area contributed by atoms with E-state index in [1.54, 1.807) is 7.11 Å². The average molecular weight is 620 g/mol. The Morgan fingerprint density at radius 3 is 2.89 bits per heavy atom. The lowest BCUT2D eigenvalue weighted by Crippen LogP contribution is -2.45. The Labute approximate surface area is 257 Å². The molecule has 2 aromatic heterocycles. The van der Waals surface area contributed by atoms with Crippen molar-refractivity contribution in [3.8, 4) is 35.4 Å². The molecule has 1 N–H and O–H groups in total. The molecule has 0 aliphatic carbocycles. The Balaban J connectivity index is 1.37. The fourth-order valence-corrected chi connectivity index (χ4v) is 7.11. The van der Waals surface area contributed by atoms with Crippen molar-refractivity contribution in [2.45, 2.75) is 37.1 Å². The molecule has 3 atom stereocenters. The van der Waals surface area contributed by atoms with Gasteiger partial charge < -0.3 is 24.2 Å². The molecule has 0 bridgehead atoms. The van der Waals surface area contributed by atoms with Gasteiger partial charge in [0.05, 0.1) is 35.8 Å². The summed E-state index contributed by atoms with van der Waals surface area (Å²) in [6.45, 7) is 2.98. The molecule has 0 spiro atoms. The Morgan fingerprint density at radius 1 is 1.20 bits per heavy atom. The van der Waals surface area contributed by atoms with E-state index in [-0.39, 0.29) is 52.2 Å². The Kier molecular flexibility index (Phi) is 7.63. The normalized spacial score (nSPS) is 23.5. The van der Waals surface area contributed by atoms with E-state index in [1.165, 1.54) is 30.5 Å². The van der Waals surface area contributed by atoms with E-state index >= 15 is 4.39 Å². The highest BCUT2D eigenvalue weighted by Gasteiger charge is 2.49. The summed E-state index contributed by atoms with van der Waals surface area (Å²) in [6.07, 6.45) is 8.03. The van der Waals surface area contributed by atoms with E-state index in [9.17, 15) is 13.9 Å². The lowest BCUT2D eigenvalue weighted by molar-refractivity contribution is -0.0102. The van der Waals surface area contributed by atoms with Gasteiger partial charge in [-0.3, -0.25) is 9.88 Å². The highest BCUT2D eigenvalue weighted by atomic mass is 19.1. The molecule has 0 amide bonds. The van der Waals surface area contributed by atoms with Crippen molar-refractivity contribution >= 4 is 27.5 Å². The number of aromatic hydroxyl groups is 1. The van der Waals surface area contributed by atoms with Gasteiger partial charge in [0, 0.05) is 50.3 Å². The van der Waals surface area contributed by atoms with E-state index < -0.39 is 23.3 Å². The lowest BCUT2D eigenvalue weighted by atomic mass is 9.95. The number of rotatable bonds is 7. The highest BCUT2D eigenvalue weighted by Crippen LogP contribution is 2.41. The van der Waals surface area contributed by atoms with E-state index in [2.05, 4.69) is 20.8 Å². The number of terminal acetylenes is 1. The Hall–Kier alpha value is -4.18. The van der Waals surface area contributed by atoms with Crippen LogP contribution in [0.3, 0.4) is 0 Å². The van der Waals surface area contributed by atoms with Crippen molar-refractivity contribution in [2.75, 3.05) is 58.0 Å². The monoisotopic (exact) mass is 619 g/mol. The van der Waals surface area contributed by atoms with Gasteiger partial charge in [0.15, 0.2) is 5.82 Å².